The summed E-state index contributed by atoms with van der Waals surface area (Å²) in [6, 6.07) is 0. The van der Waals surface area contributed by atoms with Gasteiger partial charge in [-0.3, -0.25) is 0 Å². The molecule has 82 valence electrons. The first kappa shape index (κ1) is 10.5. The van der Waals surface area contributed by atoms with Gasteiger partial charge in [-0.1, -0.05) is 33.1 Å². The lowest BCUT2D eigenvalue weighted by Crippen LogP contribution is -2.42. The van der Waals surface area contributed by atoms with Crippen molar-refractivity contribution in [3.63, 3.8) is 0 Å². The van der Waals surface area contributed by atoms with Crippen LogP contribution in [-0.2, 0) is 0 Å². The Morgan fingerprint density at radius 3 is 2.36 bits per heavy atom. The van der Waals surface area contributed by atoms with Gasteiger partial charge in [0.25, 0.3) is 0 Å². The molecule has 0 saturated heterocycles. The topological polar surface area (TPSA) is 26.0 Å². The van der Waals surface area contributed by atoms with E-state index in [9.17, 15) is 0 Å². The molecule has 1 nitrogen and oxygen atoms in total. The van der Waals surface area contributed by atoms with Gasteiger partial charge >= 0.3 is 0 Å². The van der Waals surface area contributed by atoms with Crippen molar-refractivity contribution in [2.24, 2.45) is 28.9 Å². The first-order valence-electron chi connectivity index (χ1n) is 6.46. The molecular weight excluding hydrogens is 170 g/mol. The van der Waals surface area contributed by atoms with Gasteiger partial charge in [0.05, 0.1) is 0 Å². The van der Waals surface area contributed by atoms with Crippen molar-refractivity contribution in [1.82, 2.24) is 0 Å². The molecular formula is C13H25N. The van der Waals surface area contributed by atoms with Gasteiger partial charge in [0, 0.05) is 0 Å². The Morgan fingerprint density at radius 2 is 2.00 bits per heavy atom. The van der Waals surface area contributed by atoms with Gasteiger partial charge < -0.3 is 5.73 Å². The second-order valence-electron chi connectivity index (χ2n) is 5.53. The zero-order chi connectivity index (χ0) is 10.2. The Labute approximate surface area is 88.4 Å². The number of hydrogen-bond acceptors (Lipinski definition) is 1. The highest BCUT2D eigenvalue weighted by atomic mass is 14.7. The van der Waals surface area contributed by atoms with Crippen molar-refractivity contribution < 1.29 is 0 Å². The van der Waals surface area contributed by atoms with E-state index in [1.807, 2.05) is 0 Å². The average Bonchev–Trinajstić information content (AvgIpc) is 2.79. The summed E-state index contributed by atoms with van der Waals surface area (Å²) in [4.78, 5) is 0. The van der Waals surface area contributed by atoms with Crippen molar-refractivity contribution >= 4 is 0 Å². The van der Waals surface area contributed by atoms with E-state index in [-0.39, 0.29) is 0 Å². The maximum Gasteiger partial charge on any atom is -0.00151 e. The second-order valence-corrected chi connectivity index (χ2v) is 5.53. The standard InChI is InChI=1S/C13H25N/c1-3-11(4-2)13(9-14)8-10-5-6-12(13)7-10/h10-12H,3-9,14H2,1-2H3. The zero-order valence-electron chi connectivity index (χ0n) is 9.76. The molecule has 2 bridgehead atoms. The first-order valence-corrected chi connectivity index (χ1v) is 6.46. The molecule has 0 aromatic heterocycles. The fourth-order valence-electron chi connectivity index (χ4n) is 4.51. The molecule has 3 atom stereocenters. The summed E-state index contributed by atoms with van der Waals surface area (Å²) >= 11 is 0. The monoisotopic (exact) mass is 195 g/mol. The molecule has 0 heterocycles. The van der Waals surface area contributed by atoms with Crippen LogP contribution in [0, 0.1) is 23.2 Å². The van der Waals surface area contributed by atoms with E-state index in [4.69, 9.17) is 5.73 Å². The Hall–Kier alpha value is -0.0400. The molecule has 2 N–H and O–H groups in total. The number of hydrogen-bond donors (Lipinski definition) is 1. The lowest BCUT2D eigenvalue weighted by Gasteiger charge is -2.43. The van der Waals surface area contributed by atoms with Crippen molar-refractivity contribution in [3.8, 4) is 0 Å². The van der Waals surface area contributed by atoms with Gasteiger partial charge in [0.15, 0.2) is 0 Å². The molecule has 2 aliphatic rings. The van der Waals surface area contributed by atoms with Gasteiger partial charge in [-0.2, -0.15) is 0 Å². The molecule has 0 aliphatic heterocycles. The first-order chi connectivity index (χ1) is 6.76. The van der Waals surface area contributed by atoms with E-state index in [1.54, 1.807) is 0 Å². The lowest BCUT2D eigenvalue weighted by molar-refractivity contribution is 0.0772. The van der Waals surface area contributed by atoms with Crippen LogP contribution in [0.25, 0.3) is 0 Å². The maximum absolute atomic E-state index is 6.11. The van der Waals surface area contributed by atoms with Crippen molar-refractivity contribution in [1.29, 1.82) is 0 Å². The van der Waals surface area contributed by atoms with E-state index in [2.05, 4.69) is 13.8 Å². The summed E-state index contributed by atoms with van der Waals surface area (Å²) in [5, 5.41) is 0. The van der Waals surface area contributed by atoms with E-state index in [0.29, 0.717) is 5.41 Å². The van der Waals surface area contributed by atoms with Crippen LogP contribution < -0.4 is 5.73 Å². The molecule has 1 heteroatoms. The van der Waals surface area contributed by atoms with E-state index >= 15 is 0 Å². The normalized spacial score (nSPS) is 41.1. The number of rotatable bonds is 4. The highest BCUT2D eigenvalue weighted by molar-refractivity contribution is 5.03. The summed E-state index contributed by atoms with van der Waals surface area (Å²) in [6.45, 7) is 5.63. The third kappa shape index (κ3) is 1.32. The fourth-order valence-corrected chi connectivity index (χ4v) is 4.51. The van der Waals surface area contributed by atoms with Crippen LogP contribution in [0.15, 0.2) is 0 Å². The molecule has 2 rings (SSSR count). The van der Waals surface area contributed by atoms with Crippen LogP contribution in [0.5, 0.6) is 0 Å². The van der Waals surface area contributed by atoms with Crippen molar-refractivity contribution in [2.75, 3.05) is 6.54 Å². The van der Waals surface area contributed by atoms with Gasteiger partial charge in [-0.15, -0.1) is 0 Å². The van der Waals surface area contributed by atoms with Crippen LogP contribution in [0.4, 0.5) is 0 Å². The summed E-state index contributed by atoms with van der Waals surface area (Å²) in [5.41, 5.74) is 6.66. The van der Waals surface area contributed by atoms with E-state index < -0.39 is 0 Å². The number of nitrogens with two attached hydrogens (primary N) is 1. The molecule has 3 unspecified atom stereocenters. The van der Waals surface area contributed by atoms with Gasteiger partial charge in [-0.25, -0.2) is 0 Å². The van der Waals surface area contributed by atoms with Gasteiger partial charge in [0.1, 0.15) is 0 Å². The van der Waals surface area contributed by atoms with Crippen molar-refractivity contribution in [3.05, 3.63) is 0 Å². The zero-order valence-corrected chi connectivity index (χ0v) is 9.76. The predicted octanol–water partition coefficient (Wildman–Crippen LogP) is 3.19. The highest BCUT2D eigenvalue weighted by Gasteiger charge is 2.52. The maximum atomic E-state index is 6.11. The molecule has 0 amide bonds. The molecule has 2 fully saturated rings. The van der Waals surface area contributed by atoms with Crippen LogP contribution in [-0.4, -0.2) is 6.54 Å². The third-order valence-corrected chi connectivity index (χ3v) is 5.20. The lowest BCUT2D eigenvalue weighted by atomic mass is 9.63. The van der Waals surface area contributed by atoms with Crippen LogP contribution in [0.3, 0.4) is 0 Å². The summed E-state index contributed by atoms with van der Waals surface area (Å²) in [7, 11) is 0. The minimum atomic E-state index is 0.548. The fraction of sp³-hybridized carbons (Fsp3) is 1.00. The predicted molar refractivity (Wildman–Crippen MR) is 61.0 cm³/mol. The van der Waals surface area contributed by atoms with E-state index in [0.717, 1.165) is 24.3 Å². The molecule has 0 radical (unpaired) electrons. The third-order valence-electron chi connectivity index (χ3n) is 5.20. The molecule has 2 aliphatic carbocycles. The highest BCUT2D eigenvalue weighted by Crippen LogP contribution is 2.59. The average molecular weight is 195 g/mol. The summed E-state index contributed by atoms with van der Waals surface area (Å²) in [6.07, 6.45) is 8.56. The van der Waals surface area contributed by atoms with Gasteiger partial charge in [-0.05, 0) is 49.0 Å². The molecule has 0 spiro atoms. The van der Waals surface area contributed by atoms with E-state index in [1.165, 1.54) is 38.5 Å². The Morgan fingerprint density at radius 1 is 1.29 bits per heavy atom. The quantitative estimate of drug-likeness (QED) is 0.732. The SMILES string of the molecule is CCC(CC)C1(CN)CC2CCC1C2. The minimum absolute atomic E-state index is 0.548. The summed E-state index contributed by atoms with van der Waals surface area (Å²) in [5.74, 6) is 2.90. The Bertz CT molecular complexity index is 197. The molecule has 14 heavy (non-hydrogen) atoms. The summed E-state index contributed by atoms with van der Waals surface area (Å²) < 4.78 is 0. The second kappa shape index (κ2) is 3.84. The van der Waals surface area contributed by atoms with Crippen LogP contribution in [0.1, 0.15) is 52.4 Å². The number of fused-ring (bicyclic) bond motifs is 2. The van der Waals surface area contributed by atoms with Crippen LogP contribution >= 0.6 is 0 Å². The van der Waals surface area contributed by atoms with Crippen molar-refractivity contribution in [2.45, 2.75) is 52.4 Å². The van der Waals surface area contributed by atoms with Crippen LogP contribution in [0.2, 0.25) is 0 Å². The Balaban J connectivity index is 2.17. The Kier molecular flexibility index (Phi) is 2.88. The molecule has 2 saturated carbocycles. The molecule has 0 aromatic rings. The largest absolute Gasteiger partial charge is 0.330 e. The smallest absolute Gasteiger partial charge is 0.00151 e. The minimum Gasteiger partial charge on any atom is -0.330 e. The van der Waals surface area contributed by atoms with Gasteiger partial charge in [0.2, 0.25) is 0 Å². The molecule has 0 aromatic carbocycles.